The van der Waals surface area contributed by atoms with Gasteiger partial charge in [-0.3, -0.25) is 0 Å². The zero-order valence-corrected chi connectivity index (χ0v) is 11.6. The molecular weight excluding hydrogens is 234 g/mol. The number of rotatable bonds is 6. The maximum Gasteiger partial charge on any atom is 0.120 e. The van der Waals surface area contributed by atoms with Crippen LogP contribution in [-0.2, 0) is 4.84 Å². The van der Waals surface area contributed by atoms with Gasteiger partial charge < -0.3 is 4.84 Å². The molecule has 0 bridgehead atoms. The maximum absolute atomic E-state index is 5.12. The van der Waals surface area contributed by atoms with Crippen LogP contribution in [-0.4, -0.2) is 12.8 Å². The Balaban J connectivity index is 1.85. The van der Waals surface area contributed by atoms with E-state index in [4.69, 9.17) is 4.84 Å². The fraction of sp³-hybridized carbons (Fsp3) is 0.471. The summed E-state index contributed by atoms with van der Waals surface area (Å²) in [6.07, 6.45) is 11.3. The van der Waals surface area contributed by atoms with Gasteiger partial charge in [-0.25, -0.2) is 0 Å². The zero-order chi connectivity index (χ0) is 13.3. The Morgan fingerprint density at radius 3 is 2.58 bits per heavy atom. The molecule has 0 aliphatic heterocycles. The van der Waals surface area contributed by atoms with Crippen molar-refractivity contribution in [1.29, 1.82) is 0 Å². The smallest absolute Gasteiger partial charge is 0.120 e. The Morgan fingerprint density at radius 2 is 1.89 bits per heavy atom. The van der Waals surface area contributed by atoms with Gasteiger partial charge in [-0.15, -0.1) is 6.58 Å². The molecular formula is C17H23NO. The lowest BCUT2D eigenvalue weighted by atomic mass is 9.84. The summed E-state index contributed by atoms with van der Waals surface area (Å²) < 4.78 is 0. The van der Waals surface area contributed by atoms with Gasteiger partial charge in [0, 0.05) is 6.42 Å². The molecule has 2 heteroatoms. The highest BCUT2D eigenvalue weighted by atomic mass is 16.6. The zero-order valence-electron chi connectivity index (χ0n) is 11.6. The van der Waals surface area contributed by atoms with Gasteiger partial charge in [0.1, 0.15) is 6.61 Å². The summed E-state index contributed by atoms with van der Waals surface area (Å²) in [5.74, 6) is 0.767. The predicted molar refractivity (Wildman–Crippen MR) is 80.6 cm³/mol. The van der Waals surface area contributed by atoms with E-state index in [9.17, 15) is 0 Å². The molecule has 0 unspecified atom stereocenters. The first-order valence-electron chi connectivity index (χ1n) is 7.26. The van der Waals surface area contributed by atoms with Crippen LogP contribution in [0.4, 0.5) is 0 Å². The van der Waals surface area contributed by atoms with Crippen LogP contribution in [0.25, 0.3) is 0 Å². The summed E-state index contributed by atoms with van der Waals surface area (Å²) in [6, 6.07) is 8.73. The molecule has 1 aromatic rings. The second kappa shape index (κ2) is 7.78. The molecule has 19 heavy (non-hydrogen) atoms. The van der Waals surface area contributed by atoms with Crippen molar-refractivity contribution < 1.29 is 4.84 Å². The van der Waals surface area contributed by atoms with E-state index in [0.717, 1.165) is 17.9 Å². The third-order valence-corrected chi connectivity index (χ3v) is 3.70. The molecule has 2 nitrogen and oxygen atoms in total. The van der Waals surface area contributed by atoms with Gasteiger partial charge >= 0.3 is 0 Å². The summed E-state index contributed by atoms with van der Waals surface area (Å²) in [4.78, 5) is 5.12. The van der Waals surface area contributed by atoms with Crippen LogP contribution < -0.4 is 0 Å². The second-order valence-corrected chi connectivity index (χ2v) is 5.15. The molecule has 1 fully saturated rings. The van der Waals surface area contributed by atoms with Crippen molar-refractivity contribution in [2.75, 3.05) is 6.61 Å². The lowest BCUT2D eigenvalue weighted by Crippen LogP contribution is -2.04. The van der Waals surface area contributed by atoms with Crippen LogP contribution >= 0.6 is 0 Å². The average molecular weight is 257 g/mol. The van der Waals surface area contributed by atoms with E-state index >= 15 is 0 Å². The largest absolute Gasteiger partial charge is 0.395 e. The molecule has 1 aliphatic carbocycles. The molecule has 102 valence electrons. The lowest BCUT2D eigenvalue weighted by molar-refractivity contribution is 0.151. The molecule has 1 saturated carbocycles. The van der Waals surface area contributed by atoms with Gasteiger partial charge in [0.2, 0.25) is 0 Å². The highest BCUT2D eigenvalue weighted by molar-refractivity contribution is 5.79. The van der Waals surface area contributed by atoms with Crippen molar-refractivity contribution in [3.63, 3.8) is 0 Å². The fourth-order valence-electron chi connectivity index (χ4n) is 2.58. The topological polar surface area (TPSA) is 21.6 Å². The van der Waals surface area contributed by atoms with Crippen LogP contribution in [0.2, 0.25) is 0 Å². The molecule has 0 aromatic heterocycles. The van der Waals surface area contributed by atoms with E-state index in [1.165, 1.54) is 37.7 Å². The normalized spacial score (nSPS) is 16.6. The van der Waals surface area contributed by atoms with Crippen molar-refractivity contribution >= 4 is 6.21 Å². The summed E-state index contributed by atoms with van der Waals surface area (Å²) >= 11 is 0. The molecule has 1 aromatic carbocycles. The van der Waals surface area contributed by atoms with Crippen molar-refractivity contribution in [3.8, 4) is 0 Å². The Morgan fingerprint density at radius 1 is 1.16 bits per heavy atom. The van der Waals surface area contributed by atoms with Gasteiger partial charge in [-0.2, -0.15) is 0 Å². The first-order valence-corrected chi connectivity index (χ1v) is 7.26. The summed E-state index contributed by atoms with van der Waals surface area (Å²) in [5.41, 5.74) is 2.57. The minimum Gasteiger partial charge on any atom is -0.395 e. The van der Waals surface area contributed by atoms with Crippen molar-refractivity contribution in [2.24, 2.45) is 5.16 Å². The van der Waals surface area contributed by atoms with Crippen molar-refractivity contribution in [2.45, 2.75) is 44.4 Å². The molecule has 0 radical (unpaired) electrons. The minimum absolute atomic E-state index is 0.597. The number of oxime groups is 1. The van der Waals surface area contributed by atoms with Crippen LogP contribution in [0, 0.1) is 0 Å². The Labute approximate surface area is 116 Å². The second-order valence-electron chi connectivity index (χ2n) is 5.15. The first kappa shape index (κ1) is 13.9. The monoisotopic (exact) mass is 257 g/mol. The standard InChI is InChI=1S/C17H23NO/c1-2-3-13-19-18-14-15-9-11-17(12-10-15)16-7-5-4-6-8-16/h2,9-12,14,16H,1,3-8,13H2. The predicted octanol–water partition coefficient (Wildman–Crippen LogP) is 4.66. The first-order chi connectivity index (χ1) is 9.40. The van der Waals surface area contributed by atoms with E-state index in [1.807, 2.05) is 6.08 Å². The lowest BCUT2D eigenvalue weighted by Gasteiger charge is -2.21. The van der Waals surface area contributed by atoms with Gasteiger partial charge in [0.25, 0.3) is 0 Å². The van der Waals surface area contributed by atoms with Crippen molar-refractivity contribution in [1.82, 2.24) is 0 Å². The molecule has 2 rings (SSSR count). The summed E-state index contributed by atoms with van der Waals surface area (Å²) in [7, 11) is 0. The van der Waals surface area contributed by atoms with E-state index in [2.05, 4.69) is 36.0 Å². The summed E-state index contributed by atoms with van der Waals surface area (Å²) in [6.45, 7) is 4.24. The van der Waals surface area contributed by atoms with Gasteiger partial charge in [0.15, 0.2) is 0 Å². The van der Waals surface area contributed by atoms with E-state index in [0.29, 0.717) is 6.61 Å². The molecule has 0 N–H and O–H groups in total. The van der Waals surface area contributed by atoms with Gasteiger partial charge in [-0.05, 0) is 29.9 Å². The summed E-state index contributed by atoms with van der Waals surface area (Å²) in [5, 5.41) is 3.95. The Bertz CT molecular complexity index is 402. The molecule has 0 atom stereocenters. The Hall–Kier alpha value is -1.57. The van der Waals surface area contributed by atoms with Gasteiger partial charge in [0.05, 0.1) is 6.21 Å². The third kappa shape index (κ3) is 4.55. The SMILES string of the molecule is C=CCCON=Cc1ccc(C2CCCCC2)cc1. The quantitative estimate of drug-likeness (QED) is 0.314. The van der Waals surface area contributed by atoms with Crippen LogP contribution in [0.15, 0.2) is 42.1 Å². The minimum atomic E-state index is 0.597. The number of hydrogen-bond donors (Lipinski definition) is 0. The molecule has 0 spiro atoms. The van der Waals surface area contributed by atoms with Gasteiger partial charge in [-0.1, -0.05) is 54.8 Å². The molecule has 0 amide bonds. The van der Waals surface area contributed by atoms with Crippen LogP contribution in [0.5, 0.6) is 0 Å². The van der Waals surface area contributed by atoms with E-state index in [1.54, 1.807) is 6.21 Å². The Kier molecular flexibility index (Phi) is 5.67. The van der Waals surface area contributed by atoms with E-state index < -0.39 is 0 Å². The highest BCUT2D eigenvalue weighted by Crippen LogP contribution is 2.32. The maximum atomic E-state index is 5.12. The van der Waals surface area contributed by atoms with Crippen LogP contribution in [0.3, 0.4) is 0 Å². The fourth-order valence-corrected chi connectivity index (χ4v) is 2.58. The molecule has 0 heterocycles. The third-order valence-electron chi connectivity index (χ3n) is 3.70. The average Bonchev–Trinajstić information content (AvgIpc) is 2.49. The number of benzene rings is 1. The number of hydrogen-bond acceptors (Lipinski definition) is 2. The van der Waals surface area contributed by atoms with Crippen LogP contribution in [0.1, 0.15) is 55.6 Å². The van der Waals surface area contributed by atoms with E-state index in [-0.39, 0.29) is 0 Å². The highest BCUT2D eigenvalue weighted by Gasteiger charge is 2.14. The number of nitrogens with zero attached hydrogens (tertiary/aromatic N) is 1. The van der Waals surface area contributed by atoms with Crippen molar-refractivity contribution in [3.05, 3.63) is 48.0 Å². The molecule has 0 saturated heterocycles. The molecule has 1 aliphatic rings.